The Labute approximate surface area is 252 Å². The van der Waals surface area contributed by atoms with E-state index in [-0.39, 0.29) is 23.3 Å². The normalized spacial score (nSPS) is 17.6. The predicted octanol–water partition coefficient (Wildman–Crippen LogP) is 5.78. The number of phenolic OH excluding ortho intramolecular Hbond substituents is 2. The average molecular weight is 617 g/mol. The zero-order valence-electron chi connectivity index (χ0n) is 21.9. The molecule has 2 amide bonds. The molecular weight excluding hydrogens is 589 g/mol. The number of hydrogen-bond donors (Lipinski definition) is 2. The third-order valence-corrected chi connectivity index (χ3v) is 9.02. The molecule has 2 aliphatic rings. The summed E-state index contributed by atoms with van der Waals surface area (Å²) in [6.07, 6.45) is 6.82. The molecule has 0 atom stereocenters. The van der Waals surface area contributed by atoms with Gasteiger partial charge in [0.2, 0.25) is 0 Å². The van der Waals surface area contributed by atoms with Crippen molar-refractivity contribution in [2.24, 2.45) is 0 Å². The molecule has 0 unspecified atom stereocenters. The van der Waals surface area contributed by atoms with Gasteiger partial charge in [0.25, 0.3) is 11.8 Å². The number of ether oxygens (including phenoxy) is 2. The summed E-state index contributed by atoms with van der Waals surface area (Å²) >= 11 is 13.4. The molecule has 2 aromatic rings. The number of phenols is 2. The van der Waals surface area contributed by atoms with E-state index in [1.54, 1.807) is 46.2 Å². The second-order valence-electron chi connectivity index (χ2n) is 8.94. The van der Waals surface area contributed by atoms with Gasteiger partial charge in [-0.05, 0) is 60.4 Å². The number of aromatic hydroxyl groups is 2. The summed E-state index contributed by atoms with van der Waals surface area (Å²) in [6.45, 7) is 1.06. The van der Waals surface area contributed by atoms with Gasteiger partial charge in [0, 0.05) is 13.1 Å². The van der Waals surface area contributed by atoms with Crippen LogP contribution in [0.1, 0.15) is 36.8 Å². The Hall–Kier alpha value is -3.06. The highest BCUT2D eigenvalue weighted by molar-refractivity contribution is 8.27. The maximum absolute atomic E-state index is 12.9. The summed E-state index contributed by atoms with van der Waals surface area (Å²) < 4.78 is 11.3. The van der Waals surface area contributed by atoms with E-state index in [0.29, 0.717) is 43.0 Å². The molecule has 2 heterocycles. The zero-order valence-corrected chi connectivity index (χ0v) is 25.2. The lowest BCUT2D eigenvalue weighted by atomic mass is 10.1. The fourth-order valence-electron chi connectivity index (χ4n) is 4.15. The van der Waals surface area contributed by atoms with Crippen LogP contribution in [0.3, 0.4) is 0 Å². The monoisotopic (exact) mass is 616 g/mol. The lowest BCUT2D eigenvalue weighted by Crippen LogP contribution is -2.29. The van der Waals surface area contributed by atoms with Gasteiger partial charge in [-0.15, -0.1) is 0 Å². The van der Waals surface area contributed by atoms with Gasteiger partial charge >= 0.3 is 0 Å². The largest absolute Gasteiger partial charge is 0.504 e. The maximum Gasteiger partial charge on any atom is 0.266 e. The third kappa shape index (κ3) is 6.98. The van der Waals surface area contributed by atoms with E-state index in [0.717, 1.165) is 36.8 Å². The van der Waals surface area contributed by atoms with E-state index in [9.17, 15) is 19.8 Å². The van der Waals surface area contributed by atoms with Crippen molar-refractivity contribution in [1.29, 1.82) is 0 Å². The van der Waals surface area contributed by atoms with E-state index >= 15 is 0 Å². The fraction of sp³-hybridized carbons (Fsp3) is 0.286. The average Bonchev–Trinajstić information content (AvgIpc) is 3.36. The van der Waals surface area contributed by atoms with Gasteiger partial charge in [-0.25, -0.2) is 0 Å². The van der Waals surface area contributed by atoms with Crippen molar-refractivity contribution in [2.75, 3.05) is 27.3 Å². The van der Waals surface area contributed by atoms with Crippen LogP contribution in [0.25, 0.3) is 12.2 Å². The highest BCUT2D eigenvalue weighted by Gasteiger charge is 2.32. The van der Waals surface area contributed by atoms with E-state index in [1.807, 2.05) is 0 Å². The van der Waals surface area contributed by atoms with Gasteiger partial charge in [0.15, 0.2) is 23.0 Å². The molecule has 2 N–H and O–H groups in total. The van der Waals surface area contributed by atoms with Crippen molar-refractivity contribution in [3.05, 3.63) is 57.3 Å². The number of methoxy groups -OCH3 is 2. The summed E-state index contributed by atoms with van der Waals surface area (Å²) in [7, 11) is 2.95. The van der Waals surface area contributed by atoms with Gasteiger partial charge in [-0.1, -0.05) is 72.9 Å². The standard InChI is InChI=1S/C28H28N2O6S4/c1-35-21-13-17(7-9-19(21)31)15-23-25(33)29(27(37)39-23)11-5-3-4-6-12-30-26(34)24(40-28(30)38)16-18-8-10-20(32)22(14-18)36-2/h7-10,13-16,31-32H,3-6,11-12H2,1-2H3/b23-15-,24-16+. The number of carbonyl (C=O) groups excluding carboxylic acids is 2. The van der Waals surface area contributed by atoms with Crippen LogP contribution in [0.5, 0.6) is 23.0 Å². The second-order valence-corrected chi connectivity index (χ2v) is 12.3. The van der Waals surface area contributed by atoms with Crippen molar-refractivity contribution in [2.45, 2.75) is 25.7 Å². The fourth-order valence-corrected chi connectivity index (χ4v) is 6.77. The van der Waals surface area contributed by atoms with E-state index < -0.39 is 0 Å². The summed E-state index contributed by atoms with van der Waals surface area (Å²) in [6, 6.07) is 9.81. The number of rotatable bonds is 11. The maximum atomic E-state index is 12.9. The predicted molar refractivity (Wildman–Crippen MR) is 168 cm³/mol. The SMILES string of the molecule is COc1cc(/C=C2\SC(=S)N(CCCCCCN3C(=O)/C(=C\c4ccc(O)c(OC)c4)SC3=S)C2=O)ccc1O. The van der Waals surface area contributed by atoms with Gasteiger partial charge in [-0.2, -0.15) is 0 Å². The molecule has 2 fully saturated rings. The van der Waals surface area contributed by atoms with Crippen molar-refractivity contribution in [1.82, 2.24) is 9.80 Å². The summed E-state index contributed by atoms with van der Waals surface area (Å²) in [5, 5.41) is 19.6. The molecular formula is C28H28N2O6S4. The number of amides is 2. The zero-order chi connectivity index (χ0) is 28.8. The molecule has 12 heteroatoms. The van der Waals surface area contributed by atoms with Crippen LogP contribution in [0.4, 0.5) is 0 Å². The van der Waals surface area contributed by atoms with Crippen molar-refractivity contribution in [3.8, 4) is 23.0 Å². The first kappa shape index (κ1) is 29.9. The quantitative estimate of drug-likeness (QED) is 0.184. The van der Waals surface area contributed by atoms with Gasteiger partial charge in [-0.3, -0.25) is 19.4 Å². The number of thiocarbonyl (C=S) groups is 2. The smallest absolute Gasteiger partial charge is 0.266 e. The number of thioether (sulfide) groups is 2. The molecule has 0 bridgehead atoms. The summed E-state index contributed by atoms with van der Waals surface area (Å²) in [5.74, 6) is 0.493. The van der Waals surface area contributed by atoms with Crippen LogP contribution in [0.15, 0.2) is 46.2 Å². The molecule has 210 valence electrons. The molecule has 4 rings (SSSR count). The lowest BCUT2D eigenvalue weighted by Gasteiger charge is -2.15. The Balaban J connectivity index is 1.23. The van der Waals surface area contributed by atoms with Crippen molar-refractivity contribution in [3.63, 3.8) is 0 Å². The van der Waals surface area contributed by atoms with Crippen LogP contribution in [-0.4, -0.2) is 67.8 Å². The third-order valence-electron chi connectivity index (χ3n) is 6.26. The molecule has 0 radical (unpaired) electrons. The molecule has 0 saturated carbocycles. The number of hydrogen-bond acceptors (Lipinski definition) is 10. The molecule has 2 aromatic carbocycles. The lowest BCUT2D eigenvalue weighted by molar-refractivity contribution is -0.123. The Morgan fingerprint density at radius 1 is 0.725 bits per heavy atom. The number of unbranched alkanes of at least 4 members (excludes halogenated alkanes) is 3. The summed E-state index contributed by atoms with van der Waals surface area (Å²) in [5.41, 5.74) is 1.48. The number of carbonyl (C=O) groups is 2. The molecule has 0 spiro atoms. The summed E-state index contributed by atoms with van der Waals surface area (Å²) in [4.78, 5) is 30.1. The minimum Gasteiger partial charge on any atom is -0.504 e. The van der Waals surface area contributed by atoms with Crippen LogP contribution < -0.4 is 9.47 Å². The van der Waals surface area contributed by atoms with Gasteiger partial charge in [0.05, 0.1) is 24.0 Å². The van der Waals surface area contributed by atoms with Gasteiger partial charge < -0.3 is 19.7 Å². The Morgan fingerprint density at radius 2 is 1.12 bits per heavy atom. The van der Waals surface area contributed by atoms with Gasteiger partial charge in [0.1, 0.15) is 8.64 Å². The van der Waals surface area contributed by atoms with E-state index in [4.69, 9.17) is 33.9 Å². The van der Waals surface area contributed by atoms with Crippen molar-refractivity contribution >= 4 is 80.6 Å². The van der Waals surface area contributed by atoms with E-state index in [1.165, 1.54) is 49.9 Å². The minimum absolute atomic E-state index is 0.0360. The van der Waals surface area contributed by atoms with Crippen LogP contribution in [-0.2, 0) is 9.59 Å². The minimum atomic E-state index is -0.127. The van der Waals surface area contributed by atoms with Crippen LogP contribution in [0, 0.1) is 0 Å². The molecule has 8 nitrogen and oxygen atoms in total. The molecule has 40 heavy (non-hydrogen) atoms. The highest BCUT2D eigenvalue weighted by atomic mass is 32.2. The topological polar surface area (TPSA) is 99.5 Å². The first-order chi connectivity index (χ1) is 19.2. The first-order valence-corrected chi connectivity index (χ1v) is 14.9. The molecule has 2 aliphatic heterocycles. The number of benzene rings is 2. The Kier molecular flexibility index (Phi) is 10.1. The first-order valence-electron chi connectivity index (χ1n) is 12.5. The Morgan fingerprint density at radius 3 is 1.50 bits per heavy atom. The van der Waals surface area contributed by atoms with E-state index in [2.05, 4.69) is 0 Å². The number of nitrogens with zero attached hydrogens (tertiary/aromatic N) is 2. The van der Waals surface area contributed by atoms with Crippen LogP contribution in [0.2, 0.25) is 0 Å². The second kappa shape index (κ2) is 13.5. The molecule has 0 aliphatic carbocycles. The highest BCUT2D eigenvalue weighted by Crippen LogP contribution is 2.36. The molecule has 2 saturated heterocycles. The van der Waals surface area contributed by atoms with Crippen LogP contribution >= 0.6 is 48.0 Å². The molecule has 0 aromatic heterocycles. The Bertz CT molecular complexity index is 1300. The van der Waals surface area contributed by atoms with Crippen molar-refractivity contribution < 1.29 is 29.3 Å².